The first-order chi connectivity index (χ1) is 14.6. The lowest BCUT2D eigenvalue weighted by Crippen LogP contribution is -2.62. The maximum atomic E-state index is 12.7. The van der Waals surface area contributed by atoms with Crippen molar-refractivity contribution in [3.8, 4) is 0 Å². The summed E-state index contributed by atoms with van der Waals surface area (Å²) >= 11 is 0. The van der Waals surface area contributed by atoms with Gasteiger partial charge in [0.2, 0.25) is 0 Å². The van der Waals surface area contributed by atoms with Crippen LogP contribution in [0.25, 0.3) is 0 Å². The Balaban J connectivity index is 1.89. The number of rotatable bonds is 7. The van der Waals surface area contributed by atoms with Crippen LogP contribution < -0.4 is 0 Å². The van der Waals surface area contributed by atoms with Crippen molar-refractivity contribution in [1.82, 2.24) is 0 Å². The van der Waals surface area contributed by atoms with Crippen LogP contribution in [-0.2, 0) is 23.7 Å². The molecule has 2 aromatic carbocycles. The van der Waals surface area contributed by atoms with Crippen LogP contribution in [0.4, 0.5) is 0 Å². The molecule has 1 aliphatic heterocycles. The number of aliphatic hydroxyl groups is 1. The van der Waals surface area contributed by atoms with Crippen LogP contribution in [0.3, 0.4) is 0 Å². The lowest BCUT2D eigenvalue weighted by atomic mass is 9.98. The highest BCUT2D eigenvalue weighted by molar-refractivity contribution is 5.90. The molecule has 0 aromatic heterocycles. The van der Waals surface area contributed by atoms with E-state index < -0.39 is 49.3 Å². The van der Waals surface area contributed by atoms with E-state index in [1.54, 1.807) is 60.7 Å². The molecule has 1 fully saturated rings. The molecule has 2 aromatic rings. The number of hydrogen-bond donors (Lipinski definition) is 1. The minimum atomic E-state index is -1.12. The predicted molar refractivity (Wildman–Crippen MR) is 105 cm³/mol. The Labute approximate surface area is 174 Å². The summed E-state index contributed by atoms with van der Waals surface area (Å²) in [5.41, 5.74) is 0.639. The molecule has 30 heavy (non-hydrogen) atoms. The Bertz CT molecular complexity index is 826. The van der Waals surface area contributed by atoms with Crippen molar-refractivity contribution >= 4 is 11.9 Å². The van der Waals surface area contributed by atoms with Gasteiger partial charge in [0, 0.05) is 14.2 Å². The van der Waals surface area contributed by atoms with Crippen molar-refractivity contribution in [3.05, 3.63) is 71.8 Å². The first kappa shape index (κ1) is 21.9. The second kappa shape index (κ2) is 10.3. The third-order valence-corrected chi connectivity index (χ3v) is 4.78. The molecule has 1 heterocycles. The Morgan fingerprint density at radius 1 is 0.800 bits per heavy atom. The van der Waals surface area contributed by atoms with Crippen molar-refractivity contribution in [2.45, 2.75) is 30.7 Å². The van der Waals surface area contributed by atoms with Crippen LogP contribution in [0.15, 0.2) is 60.7 Å². The predicted octanol–water partition coefficient (Wildman–Crippen LogP) is 1.82. The molecule has 1 saturated heterocycles. The van der Waals surface area contributed by atoms with Gasteiger partial charge in [0.15, 0.2) is 18.5 Å². The Hall–Kier alpha value is -2.78. The van der Waals surface area contributed by atoms with Crippen LogP contribution in [-0.4, -0.2) is 68.6 Å². The molecule has 1 N–H and O–H groups in total. The van der Waals surface area contributed by atoms with Gasteiger partial charge in [0.25, 0.3) is 0 Å². The molecule has 3 rings (SSSR count). The van der Waals surface area contributed by atoms with Crippen LogP contribution in [0, 0.1) is 0 Å². The summed E-state index contributed by atoms with van der Waals surface area (Å²) in [4.78, 5) is 25.4. The summed E-state index contributed by atoms with van der Waals surface area (Å²) in [7, 11) is 2.76. The molecule has 0 radical (unpaired) electrons. The molecule has 0 saturated carbocycles. The van der Waals surface area contributed by atoms with Crippen LogP contribution in [0.1, 0.15) is 20.7 Å². The molecule has 0 bridgehead atoms. The zero-order valence-electron chi connectivity index (χ0n) is 16.7. The van der Waals surface area contributed by atoms with Crippen molar-refractivity contribution in [2.24, 2.45) is 0 Å². The molecule has 1 aliphatic rings. The molecular weight excluding hydrogens is 392 g/mol. The maximum absolute atomic E-state index is 12.7. The highest BCUT2D eigenvalue weighted by atomic mass is 16.7. The van der Waals surface area contributed by atoms with Crippen molar-refractivity contribution in [3.63, 3.8) is 0 Å². The number of aliphatic hydroxyl groups excluding tert-OH is 1. The van der Waals surface area contributed by atoms with E-state index in [0.717, 1.165) is 0 Å². The quantitative estimate of drug-likeness (QED) is 0.683. The van der Waals surface area contributed by atoms with Gasteiger partial charge in [-0.2, -0.15) is 0 Å². The van der Waals surface area contributed by atoms with E-state index in [1.165, 1.54) is 14.2 Å². The van der Waals surface area contributed by atoms with Crippen molar-refractivity contribution in [2.75, 3.05) is 20.8 Å². The molecule has 8 heteroatoms. The van der Waals surface area contributed by atoms with E-state index in [1.807, 2.05) is 0 Å². The largest absolute Gasteiger partial charge is 0.452 e. The molecule has 8 nitrogen and oxygen atoms in total. The molecule has 0 spiro atoms. The van der Waals surface area contributed by atoms with Gasteiger partial charge in [0.05, 0.1) is 17.7 Å². The van der Waals surface area contributed by atoms with Gasteiger partial charge in [-0.1, -0.05) is 36.4 Å². The average Bonchev–Trinajstić information content (AvgIpc) is 2.80. The van der Waals surface area contributed by atoms with Crippen molar-refractivity contribution in [1.29, 1.82) is 0 Å². The Morgan fingerprint density at radius 2 is 1.30 bits per heavy atom. The van der Waals surface area contributed by atoms with E-state index in [2.05, 4.69) is 0 Å². The minimum Gasteiger partial charge on any atom is -0.452 e. The highest BCUT2D eigenvalue weighted by Crippen LogP contribution is 2.29. The molecule has 2 unspecified atom stereocenters. The maximum Gasteiger partial charge on any atom is 0.338 e. The molecular formula is C22H24O8. The van der Waals surface area contributed by atoms with Gasteiger partial charge in [-0.3, -0.25) is 0 Å². The molecule has 5 atom stereocenters. The average molecular weight is 416 g/mol. The van der Waals surface area contributed by atoms with Crippen molar-refractivity contribution < 1.29 is 38.4 Å². The number of benzene rings is 2. The second-order valence-electron chi connectivity index (χ2n) is 6.63. The second-order valence-corrected chi connectivity index (χ2v) is 6.63. The summed E-state index contributed by atoms with van der Waals surface area (Å²) < 4.78 is 27.8. The first-order valence-corrected chi connectivity index (χ1v) is 9.43. The number of carbonyl (C=O) groups excluding carboxylic acids is 2. The fourth-order valence-corrected chi connectivity index (χ4v) is 3.29. The topological polar surface area (TPSA) is 101 Å². The van der Waals surface area contributed by atoms with E-state index in [9.17, 15) is 14.7 Å². The lowest BCUT2D eigenvalue weighted by Gasteiger charge is -2.43. The van der Waals surface area contributed by atoms with Gasteiger partial charge in [-0.15, -0.1) is 0 Å². The molecule has 0 aliphatic carbocycles. The van der Waals surface area contributed by atoms with Crippen LogP contribution in [0.2, 0.25) is 0 Å². The number of methoxy groups -OCH3 is 2. The monoisotopic (exact) mass is 416 g/mol. The van der Waals surface area contributed by atoms with Crippen LogP contribution >= 0.6 is 0 Å². The number of ether oxygens (including phenoxy) is 5. The lowest BCUT2D eigenvalue weighted by molar-refractivity contribution is -0.296. The normalized spacial score (nSPS) is 26.0. The number of carbonyl (C=O) groups is 2. The third-order valence-electron chi connectivity index (χ3n) is 4.78. The van der Waals surface area contributed by atoms with E-state index >= 15 is 0 Å². The zero-order valence-corrected chi connectivity index (χ0v) is 16.7. The Morgan fingerprint density at radius 3 is 1.73 bits per heavy atom. The highest BCUT2D eigenvalue weighted by Gasteiger charge is 2.51. The SMILES string of the molecule is CO[C@@H]1OC(CO)[C@@H](OC)[C@H](OC(=O)c2ccccc2)C1OC(=O)c1ccccc1. The summed E-state index contributed by atoms with van der Waals surface area (Å²) in [6.45, 7) is -0.406. The smallest absolute Gasteiger partial charge is 0.338 e. The van der Waals surface area contributed by atoms with Gasteiger partial charge in [-0.05, 0) is 24.3 Å². The summed E-state index contributed by atoms with van der Waals surface area (Å²) in [6.07, 6.45) is -5.01. The van der Waals surface area contributed by atoms with Gasteiger partial charge in [-0.25, -0.2) is 9.59 Å². The summed E-state index contributed by atoms with van der Waals surface area (Å²) in [5.74, 6) is -1.26. The Kier molecular flexibility index (Phi) is 7.53. The number of esters is 2. The first-order valence-electron chi connectivity index (χ1n) is 9.43. The van der Waals surface area contributed by atoms with E-state index in [0.29, 0.717) is 11.1 Å². The van der Waals surface area contributed by atoms with Gasteiger partial charge >= 0.3 is 11.9 Å². The third kappa shape index (κ3) is 4.85. The number of hydrogen-bond acceptors (Lipinski definition) is 8. The molecule has 160 valence electrons. The van der Waals surface area contributed by atoms with E-state index in [4.69, 9.17) is 23.7 Å². The molecule has 0 amide bonds. The fraction of sp³-hybridized carbons (Fsp3) is 0.364. The minimum absolute atomic E-state index is 0.318. The summed E-state index contributed by atoms with van der Waals surface area (Å²) in [5, 5.41) is 9.71. The zero-order chi connectivity index (χ0) is 21.5. The van der Waals surface area contributed by atoms with Gasteiger partial charge < -0.3 is 28.8 Å². The van der Waals surface area contributed by atoms with Crippen LogP contribution in [0.5, 0.6) is 0 Å². The van der Waals surface area contributed by atoms with E-state index in [-0.39, 0.29) is 0 Å². The summed E-state index contributed by atoms with van der Waals surface area (Å²) in [6, 6.07) is 16.8. The fourth-order valence-electron chi connectivity index (χ4n) is 3.29. The van der Waals surface area contributed by atoms with Gasteiger partial charge in [0.1, 0.15) is 12.2 Å². The standard InChI is InChI=1S/C22H24O8/c1-26-17-16(13-23)28-22(27-2)19(30-21(25)15-11-7-4-8-12-15)18(17)29-20(24)14-9-5-3-6-10-14/h3-12,16-19,22-23H,13H2,1-2H3/t16?,17-,18+,19?,22-/m1/s1.